The van der Waals surface area contributed by atoms with Gasteiger partial charge >= 0.3 is 0 Å². The summed E-state index contributed by atoms with van der Waals surface area (Å²) in [5, 5.41) is 15.2. The van der Waals surface area contributed by atoms with Crippen molar-refractivity contribution in [1.29, 1.82) is 0 Å². The molecular weight excluding hydrogens is 375 g/mol. The van der Waals surface area contributed by atoms with Gasteiger partial charge in [0.05, 0.1) is 6.61 Å². The molecule has 154 valence electrons. The topological polar surface area (TPSA) is 68.0 Å². The molecule has 0 amide bonds. The van der Waals surface area contributed by atoms with Crippen LogP contribution >= 0.6 is 0 Å². The molecule has 1 N–H and O–H groups in total. The quantitative estimate of drug-likeness (QED) is 0.624. The van der Waals surface area contributed by atoms with Crippen molar-refractivity contribution in [2.45, 2.75) is 25.0 Å². The number of halogens is 1. The van der Waals surface area contributed by atoms with E-state index in [4.69, 9.17) is 14.0 Å². The Bertz CT molecular complexity index is 944. The second-order valence-corrected chi connectivity index (χ2v) is 7.41. The van der Waals surface area contributed by atoms with Crippen LogP contribution in [0.4, 0.5) is 4.39 Å². The lowest BCUT2D eigenvalue weighted by molar-refractivity contribution is 0.0459. The highest BCUT2D eigenvalue weighted by Gasteiger charge is 2.26. The molecule has 1 aliphatic rings. The van der Waals surface area contributed by atoms with Gasteiger partial charge in [0.25, 0.3) is 0 Å². The van der Waals surface area contributed by atoms with Crippen LogP contribution in [0.5, 0.6) is 5.75 Å². The van der Waals surface area contributed by atoms with E-state index in [0.29, 0.717) is 36.2 Å². The van der Waals surface area contributed by atoms with Gasteiger partial charge in [-0.25, -0.2) is 4.39 Å². The van der Waals surface area contributed by atoms with Crippen LogP contribution in [0.1, 0.15) is 12.8 Å². The number of hydrogen-bond donors (Lipinski definition) is 1. The predicted octanol–water partition coefficient (Wildman–Crippen LogP) is 3.48. The minimum absolute atomic E-state index is 0.224. The van der Waals surface area contributed by atoms with Crippen molar-refractivity contribution in [2.24, 2.45) is 0 Å². The number of nitrogens with zero attached hydrogens (tertiary/aromatic N) is 2. The Morgan fingerprint density at radius 2 is 2.10 bits per heavy atom. The first-order valence-electron chi connectivity index (χ1n) is 9.83. The normalized spacial score (nSPS) is 18.4. The molecular formula is C22H25FN2O4. The summed E-state index contributed by atoms with van der Waals surface area (Å²) in [4.78, 5) is 2.26. The molecule has 1 aromatic heterocycles. The van der Waals surface area contributed by atoms with Crippen LogP contribution < -0.4 is 4.74 Å². The summed E-state index contributed by atoms with van der Waals surface area (Å²) in [6.07, 6.45) is 1.67. The number of aromatic nitrogens is 1. The number of likely N-dealkylation sites (tertiary alicyclic amines) is 1. The van der Waals surface area contributed by atoms with Crippen molar-refractivity contribution >= 4 is 11.0 Å². The van der Waals surface area contributed by atoms with Crippen LogP contribution in [0.15, 0.2) is 47.0 Å². The van der Waals surface area contributed by atoms with E-state index in [1.165, 1.54) is 12.1 Å². The van der Waals surface area contributed by atoms with E-state index in [2.05, 4.69) is 10.1 Å². The molecule has 0 saturated carbocycles. The first-order valence-corrected chi connectivity index (χ1v) is 9.83. The molecule has 29 heavy (non-hydrogen) atoms. The third kappa shape index (κ3) is 4.58. The largest absolute Gasteiger partial charge is 0.491 e. The van der Waals surface area contributed by atoms with Crippen LogP contribution in [-0.4, -0.2) is 60.7 Å². The van der Waals surface area contributed by atoms with E-state index in [9.17, 15) is 9.50 Å². The molecule has 0 radical (unpaired) electrons. The molecule has 0 spiro atoms. The highest BCUT2D eigenvalue weighted by atomic mass is 19.1. The van der Waals surface area contributed by atoms with Gasteiger partial charge in [0.1, 0.15) is 30.0 Å². The highest BCUT2D eigenvalue weighted by Crippen LogP contribution is 2.29. The van der Waals surface area contributed by atoms with Crippen molar-refractivity contribution in [1.82, 2.24) is 10.1 Å². The van der Waals surface area contributed by atoms with Gasteiger partial charge in [0, 0.05) is 36.7 Å². The van der Waals surface area contributed by atoms with Crippen LogP contribution in [0.2, 0.25) is 0 Å². The van der Waals surface area contributed by atoms with E-state index in [-0.39, 0.29) is 12.4 Å². The number of aliphatic hydroxyl groups excluding tert-OH is 1. The van der Waals surface area contributed by atoms with Gasteiger partial charge in [0.2, 0.25) is 0 Å². The zero-order chi connectivity index (χ0) is 20.2. The number of hydrogen-bond acceptors (Lipinski definition) is 6. The van der Waals surface area contributed by atoms with Crippen molar-refractivity contribution in [2.75, 3.05) is 33.4 Å². The van der Waals surface area contributed by atoms with E-state index in [1.807, 2.05) is 24.3 Å². The smallest absolute Gasteiger partial charge is 0.170 e. The number of rotatable bonds is 8. The average Bonchev–Trinajstić information content (AvgIpc) is 3.34. The van der Waals surface area contributed by atoms with E-state index < -0.39 is 6.10 Å². The Balaban J connectivity index is 1.34. The zero-order valence-electron chi connectivity index (χ0n) is 16.4. The maximum Gasteiger partial charge on any atom is 0.170 e. The van der Waals surface area contributed by atoms with Gasteiger partial charge < -0.3 is 19.1 Å². The molecule has 2 aromatic carbocycles. The molecule has 6 nitrogen and oxygen atoms in total. The van der Waals surface area contributed by atoms with Gasteiger partial charge in [-0.1, -0.05) is 5.16 Å². The second kappa shape index (κ2) is 8.90. The molecule has 1 fully saturated rings. The van der Waals surface area contributed by atoms with Crippen molar-refractivity contribution in [3.05, 3.63) is 48.3 Å². The summed E-state index contributed by atoms with van der Waals surface area (Å²) >= 11 is 0. The molecule has 2 atom stereocenters. The maximum atomic E-state index is 13.3. The monoisotopic (exact) mass is 400 g/mol. The van der Waals surface area contributed by atoms with Crippen molar-refractivity contribution in [3.63, 3.8) is 0 Å². The van der Waals surface area contributed by atoms with Gasteiger partial charge in [-0.15, -0.1) is 0 Å². The Morgan fingerprint density at radius 1 is 1.28 bits per heavy atom. The number of aliphatic hydroxyl groups is 1. The fraction of sp³-hybridized carbons (Fsp3) is 0.409. The first-order chi connectivity index (χ1) is 14.1. The molecule has 1 aliphatic heterocycles. The lowest BCUT2D eigenvalue weighted by atomic mass is 10.1. The summed E-state index contributed by atoms with van der Waals surface area (Å²) < 4.78 is 29.5. The molecule has 2 unspecified atom stereocenters. The molecule has 1 saturated heterocycles. The van der Waals surface area contributed by atoms with Gasteiger partial charge in [-0.05, 0) is 55.8 Å². The summed E-state index contributed by atoms with van der Waals surface area (Å²) in [6, 6.07) is 12.1. The van der Waals surface area contributed by atoms with Crippen molar-refractivity contribution in [3.8, 4) is 17.0 Å². The maximum absolute atomic E-state index is 13.3. The minimum atomic E-state index is -0.568. The Kier molecular flexibility index (Phi) is 6.08. The Morgan fingerprint density at radius 3 is 2.90 bits per heavy atom. The number of benzene rings is 2. The van der Waals surface area contributed by atoms with E-state index in [1.54, 1.807) is 13.2 Å². The average molecular weight is 400 g/mol. The summed E-state index contributed by atoms with van der Waals surface area (Å²) in [6.45, 7) is 2.48. The molecule has 7 heteroatoms. The highest BCUT2D eigenvalue weighted by molar-refractivity contribution is 5.91. The SMILES string of the molecule is COCC1CCCN1CC(O)COc1ccc(-c2noc3cc(F)ccc23)cc1. The van der Waals surface area contributed by atoms with Crippen molar-refractivity contribution < 1.29 is 23.5 Å². The third-order valence-electron chi connectivity index (χ3n) is 5.31. The predicted molar refractivity (Wildman–Crippen MR) is 107 cm³/mol. The molecule has 0 bridgehead atoms. The second-order valence-electron chi connectivity index (χ2n) is 7.41. The fourth-order valence-corrected chi connectivity index (χ4v) is 3.86. The number of methoxy groups -OCH3 is 1. The van der Waals surface area contributed by atoms with Gasteiger partial charge in [0.15, 0.2) is 5.58 Å². The fourth-order valence-electron chi connectivity index (χ4n) is 3.86. The molecule has 3 aromatic rings. The van der Waals surface area contributed by atoms with Crippen LogP contribution in [0.3, 0.4) is 0 Å². The van der Waals surface area contributed by atoms with E-state index in [0.717, 1.165) is 30.3 Å². The van der Waals surface area contributed by atoms with Gasteiger partial charge in [-0.3, -0.25) is 4.90 Å². The lowest BCUT2D eigenvalue weighted by Gasteiger charge is -2.26. The molecule has 4 rings (SSSR count). The third-order valence-corrected chi connectivity index (χ3v) is 5.31. The van der Waals surface area contributed by atoms with Crippen LogP contribution in [0.25, 0.3) is 22.2 Å². The van der Waals surface area contributed by atoms with E-state index >= 15 is 0 Å². The lowest BCUT2D eigenvalue weighted by Crippen LogP contribution is -2.40. The number of fused-ring (bicyclic) bond motifs is 1. The number of β-amino-alcohol motifs (C(OH)–C–C–N with tert-alkyl or cyclic N) is 1. The molecule has 0 aliphatic carbocycles. The summed E-state index contributed by atoms with van der Waals surface area (Å²) in [7, 11) is 1.71. The summed E-state index contributed by atoms with van der Waals surface area (Å²) in [5.41, 5.74) is 1.92. The molecule has 2 heterocycles. The Hall–Kier alpha value is -2.48. The zero-order valence-corrected chi connectivity index (χ0v) is 16.4. The summed E-state index contributed by atoms with van der Waals surface area (Å²) in [5.74, 6) is 0.312. The minimum Gasteiger partial charge on any atom is -0.491 e. The number of ether oxygens (including phenoxy) is 2. The Labute approximate surface area is 168 Å². The van der Waals surface area contributed by atoms with Gasteiger partial charge in [-0.2, -0.15) is 0 Å². The first kappa shape index (κ1) is 19.8. The van der Waals surface area contributed by atoms with Crippen LogP contribution in [-0.2, 0) is 4.74 Å². The standard InChI is InChI=1S/C22H25FN2O4/c1-27-13-17-3-2-10-25(17)12-18(26)14-28-19-7-4-15(5-8-19)22-20-9-6-16(23)11-21(20)29-24-22/h4-9,11,17-18,26H,2-3,10,12-14H2,1H3. The van der Waals surface area contributed by atoms with Crippen LogP contribution in [0, 0.1) is 5.82 Å².